The van der Waals surface area contributed by atoms with E-state index in [1.54, 1.807) is 24.3 Å². The lowest BCUT2D eigenvalue weighted by Gasteiger charge is -2.19. The normalized spacial score (nSPS) is 12.0. The summed E-state index contributed by atoms with van der Waals surface area (Å²) in [6.45, 7) is 3.82. The average Bonchev–Trinajstić information content (AvgIpc) is 3.08. The van der Waals surface area contributed by atoms with E-state index in [1.165, 1.54) is 0 Å². The van der Waals surface area contributed by atoms with Crippen molar-refractivity contribution in [3.63, 3.8) is 0 Å². The predicted molar refractivity (Wildman–Crippen MR) is 177 cm³/mol. The summed E-state index contributed by atoms with van der Waals surface area (Å²) < 4.78 is 12.0. The lowest BCUT2D eigenvalue weighted by Crippen LogP contribution is -2.32. The number of hydrogen-bond donors (Lipinski definition) is 2. The van der Waals surface area contributed by atoms with Crippen LogP contribution in [0.15, 0.2) is 133 Å². The molecule has 5 aromatic carbocycles. The lowest BCUT2D eigenvalue weighted by molar-refractivity contribution is -0.123. The first-order valence-electron chi connectivity index (χ1n) is 14.9. The Morgan fingerprint density at radius 1 is 0.477 bits per heavy atom. The van der Waals surface area contributed by atoms with Crippen LogP contribution in [0, 0.1) is 0 Å². The zero-order valence-electron chi connectivity index (χ0n) is 24.9. The molecule has 0 saturated heterocycles. The molecule has 0 aliphatic carbocycles. The van der Waals surface area contributed by atoms with Gasteiger partial charge in [0.1, 0.15) is 11.5 Å². The van der Waals surface area contributed by atoms with Gasteiger partial charge in [-0.15, -0.1) is 0 Å². The van der Waals surface area contributed by atoms with Crippen LogP contribution in [0.3, 0.4) is 0 Å². The van der Waals surface area contributed by atoms with Gasteiger partial charge in [-0.05, 0) is 83.6 Å². The first kappa shape index (κ1) is 30.1. The fraction of sp³-hybridized carbons (Fsp3) is 0.158. The number of hydrogen-bond acceptors (Lipinski definition) is 4. The van der Waals surface area contributed by atoms with Crippen molar-refractivity contribution in [3.05, 3.63) is 133 Å². The zero-order valence-corrected chi connectivity index (χ0v) is 24.9. The molecule has 0 aliphatic heterocycles. The second-order valence-electron chi connectivity index (χ2n) is 10.4. The van der Waals surface area contributed by atoms with Gasteiger partial charge in [-0.2, -0.15) is 0 Å². The molecule has 0 heterocycles. The monoisotopic (exact) mass is 584 g/mol. The van der Waals surface area contributed by atoms with Gasteiger partial charge in [-0.3, -0.25) is 9.59 Å². The maximum atomic E-state index is 13.0. The van der Waals surface area contributed by atoms with Gasteiger partial charge < -0.3 is 20.1 Å². The first-order chi connectivity index (χ1) is 21.5. The third kappa shape index (κ3) is 7.92. The third-order valence-corrected chi connectivity index (χ3v) is 7.23. The van der Waals surface area contributed by atoms with E-state index in [9.17, 15) is 9.59 Å². The molecule has 0 radical (unpaired) electrons. The number of carbonyl (C=O) groups is 2. The Morgan fingerprint density at radius 3 is 1.11 bits per heavy atom. The highest BCUT2D eigenvalue weighted by Gasteiger charge is 2.20. The number of benzene rings is 5. The fourth-order valence-electron chi connectivity index (χ4n) is 4.77. The summed E-state index contributed by atoms with van der Waals surface area (Å²) in [5.41, 5.74) is 5.62. The van der Waals surface area contributed by atoms with Crippen LogP contribution < -0.4 is 20.1 Å². The van der Waals surface area contributed by atoms with Gasteiger partial charge in [-0.1, -0.05) is 98.8 Å². The number of rotatable bonds is 12. The molecule has 5 aromatic rings. The van der Waals surface area contributed by atoms with Crippen LogP contribution in [-0.4, -0.2) is 24.0 Å². The maximum Gasteiger partial charge on any atom is 0.265 e. The number of carbonyl (C=O) groups excluding carboxylic acids is 2. The van der Waals surface area contributed by atoms with Crippen LogP contribution in [0.2, 0.25) is 0 Å². The molecule has 0 aromatic heterocycles. The van der Waals surface area contributed by atoms with Crippen molar-refractivity contribution in [2.45, 2.75) is 38.9 Å². The Hall–Kier alpha value is -5.36. The van der Waals surface area contributed by atoms with E-state index < -0.39 is 12.2 Å². The van der Waals surface area contributed by atoms with Gasteiger partial charge in [0.15, 0.2) is 12.2 Å². The van der Waals surface area contributed by atoms with Crippen LogP contribution in [0.1, 0.15) is 26.7 Å². The average molecular weight is 585 g/mol. The molecular weight excluding hydrogens is 548 g/mol. The Morgan fingerprint density at radius 2 is 0.795 bits per heavy atom. The summed E-state index contributed by atoms with van der Waals surface area (Å²) in [6, 6.07) is 42.6. The van der Waals surface area contributed by atoms with Gasteiger partial charge in [0.2, 0.25) is 0 Å². The third-order valence-electron chi connectivity index (χ3n) is 7.23. The minimum Gasteiger partial charge on any atom is -0.481 e. The van der Waals surface area contributed by atoms with Gasteiger partial charge in [0, 0.05) is 11.4 Å². The molecule has 0 spiro atoms. The second kappa shape index (κ2) is 14.7. The fourth-order valence-corrected chi connectivity index (χ4v) is 4.77. The smallest absolute Gasteiger partial charge is 0.265 e. The van der Waals surface area contributed by atoms with E-state index >= 15 is 0 Å². The highest BCUT2D eigenvalue weighted by atomic mass is 16.5. The molecule has 2 unspecified atom stereocenters. The Kier molecular flexibility index (Phi) is 10.1. The minimum atomic E-state index is -0.652. The van der Waals surface area contributed by atoms with E-state index in [4.69, 9.17) is 9.47 Å². The molecule has 6 heteroatoms. The van der Waals surface area contributed by atoms with Crippen molar-refractivity contribution in [1.82, 2.24) is 0 Å². The quantitative estimate of drug-likeness (QED) is 0.154. The lowest BCUT2D eigenvalue weighted by atomic mass is 10.1. The molecule has 222 valence electrons. The molecule has 44 heavy (non-hydrogen) atoms. The van der Waals surface area contributed by atoms with Crippen molar-refractivity contribution in [1.29, 1.82) is 0 Å². The maximum absolute atomic E-state index is 13.0. The minimum absolute atomic E-state index is 0.242. The molecular formula is C38H36N2O4. The van der Waals surface area contributed by atoms with Gasteiger partial charge in [-0.25, -0.2) is 0 Å². The SMILES string of the molecule is CCC(Oc1ccc(-c2ccccc2)cc1)C(=O)Nc1ccc(NC(=O)C(CC)Oc2ccc(-c3ccccc3)cc2)cc1. The summed E-state index contributed by atoms with van der Waals surface area (Å²) in [4.78, 5) is 26.0. The molecule has 0 bridgehead atoms. The number of ether oxygens (including phenoxy) is 2. The zero-order chi connectivity index (χ0) is 30.7. The van der Waals surface area contributed by atoms with E-state index in [0.717, 1.165) is 22.3 Å². The first-order valence-corrected chi connectivity index (χ1v) is 14.9. The summed E-state index contributed by atoms with van der Waals surface area (Å²) in [6.07, 6.45) is -0.288. The van der Waals surface area contributed by atoms with Crippen LogP contribution in [-0.2, 0) is 9.59 Å². The van der Waals surface area contributed by atoms with Crippen molar-refractivity contribution in [2.75, 3.05) is 10.6 Å². The van der Waals surface area contributed by atoms with E-state index in [1.807, 2.05) is 98.8 Å². The molecule has 2 atom stereocenters. The van der Waals surface area contributed by atoms with Crippen molar-refractivity contribution >= 4 is 23.2 Å². The summed E-state index contributed by atoms with van der Waals surface area (Å²) >= 11 is 0. The van der Waals surface area contributed by atoms with Crippen LogP contribution in [0.5, 0.6) is 11.5 Å². The van der Waals surface area contributed by atoms with Gasteiger partial charge in [0.05, 0.1) is 0 Å². The molecule has 0 fully saturated rings. The van der Waals surface area contributed by atoms with Crippen LogP contribution in [0.4, 0.5) is 11.4 Å². The molecule has 0 saturated carbocycles. The highest BCUT2D eigenvalue weighted by molar-refractivity contribution is 5.96. The molecule has 2 N–H and O–H groups in total. The van der Waals surface area contributed by atoms with Crippen molar-refractivity contribution < 1.29 is 19.1 Å². The largest absolute Gasteiger partial charge is 0.481 e. The molecule has 0 aliphatic rings. The Labute approximate surface area is 258 Å². The molecule has 6 nitrogen and oxygen atoms in total. The Balaban J connectivity index is 1.13. The summed E-state index contributed by atoms with van der Waals surface area (Å²) in [7, 11) is 0. The van der Waals surface area contributed by atoms with E-state index in [0.29, 0.717) is 35.7 Å². The summed E-state index contributed by atoms with van der Waals surface area (Å²) in [5.74, 6) is 0.775. The van der Waals surface area contributed by atoms with E-state index in [2.05, 4.69) is 34.9 Å². The summed E-state index contributed by atoms with van der Waals surface area (Å²) in [5, 5.41) is 5.83. The van der Waals surface area contributed by atoms with Crippen molar-refractivity contribution in [3.8, 4) is 33.8 Å². The highest BCUT2D eigenvalue weighted by Crippen LogP contribution is 2.25. The Bertz CT molecular complexity index is 1510. The van der Waals surface area contributed by atoms with Gasteiger partial charge >= 0.3 is 0 Å². The van der Waals surface area contributed by atoms with E-state index in [-0.39, 0.29) is 11.8 Å². The number of amides is 2. The van der Waals surface area contributed by atoms with Crippen LogP contribution >= 0.6 is 0 Å². The van der Waals surface area contributed by atoms with Crippen LogP contribution in [0.25, 0.3) is 22.3 Å². The molecule has 5 rings (SSSR count). The number of anilines is 2. The van der Waals surface area contributed by atoms with Crippen molar-refractivity contribution in [2.24, 2.45) is 0 Å². The van der Waals surface area contributed by atoms with Gasteiger partial charge in [0.25, 0.3) is 11.8 Å². The number of nitrogens with one attached hydrogen (secondary N) is 2. The topological polar surface area (TPSA) is 76.7 Å². The standard InChI is InChI=1S/C38H36N2O4/c1-3-35(43-33-23-15-29(16-24-33)27-11-7-5-8-12-27)37(41)39-31-19-21-32(22-20-31)40-38(42)36(4-2)44-34-25-17-30(18-26-34)28-13-9-6-10-14-28/h5-26,35-36H,3-4H2,1-2H3,(H,39,41)(H,40,42). The molecule has 2 amide bonds. The predicted octanol–water partition coefficient (Wildman–Crippen LogP) is 8.61. The second-order valence-corrected chi connectivity index (χ2v) is 10.4.